The van der Waals surface area contributed by atoms with Crippen LogP contribution in [0.25, 0.3) is 0 Å². The number of halogens is 4. The molecule has 1 aromatic carbocycles. The van der Waals surface area contributed by atoms with E-state index in [2.05, 4.69) is 4.98 Å². The second kappa shape index (κ2) is 6.63. The number of nitrogens with one attached hydrogen (secondary N) is 1. The molecule has 0 atom stereocenters. The van der Waals surface area contributed by atoms with Gasteiger partial charge in [-0.2, -0.15) is 13.2 Å². The van der Waals surface area contributed by atoms with Gasteiger partial charge in [0.2, 0.25) is 0 Å². The van der Waals surface area contributed by atoms with Gasteiger partial charge in [-0.1, -0.05) is 11.6 Å². The van der Waals surface area contributed by atoms with E-state index in [1.807, 2.05) is 17.0 Å². The van der Waals surface area contributed by atoms with Crippen LogP contribution < -0.4 is 19.4 Å². The van der Waals surface area contributed by atoms with Gasteiger partial charge in [0.05, 0.1) is 26.3 Å². The van der Waals surface area contributed by atoms with Gasteiger partial charge in [-0.15, -0.1) is 0 Å². The number of alkyl halides is 3. The zero-order valence-corrected chi connectivity index (χ0v) is 14.5. The maximum absolute atomic E-state index is 12.8. The topological polar surface area (TPSA) is 35.8 Å². The second-order valence-electron chi connectivity index (χ2n) is 5.73. The fourth-order valence-corrected chi connectivity index (χ4v) is 3.23. The smallest absolute Gasteiger partial charge is 0.419 e. The Hall–Kier alpha value is -2.15. The summed E-state index contributed by atoms with van der Waals surface area (Å²) in [6, 6.07) is 4.76. The highest BCUT2D eigenvalue weighted by Crippen LogP contribution is 2.36. The number of nitrogens with zero attached hydrogens (tertiary/aromatic N) is 1. The zero-order valence-electron chi connectivity index (χ0n) is 13.7. The van der Waals surface area contributed by atoms with Crippen molar-refractivity contribution in [2.75, 3.05) is 25.7 Å². The monoisotopic (exact) mass is 373 g/mol. The number of aromatic nitrogens is 1. The molecular formula is C17H17ClF3N2O2+. The van der Waals surface area contributed by atoms with Crippen LogP contribution in [-0.4, -0.2) is 20.8 Å². The normalized spacial score (nSPS) is 14.2. The minimum atomic E-state index is -4.43. The molecule has 2 heterocycles. The summed E-state index contributed by atoms with van der Waals surface area (Å²) in [4.78, 5) is 4.59. The number of benzene rings is 1. The van der Waals surface area contributed by atoms with Crippen LogP contribution in [0, 0.1) is 0 Å². The Labute approximate surface area is 148 Å². The fraction of sp³-hybridized carbons (Fsp3) is 0.353. The summed E-state index contributed by atoms with van der Waals surface area (Å²) in [5.74, 6) is 1.74. The molecule has 0 saturated heterocycles. The first-order valence-electron chi connectivity index (χ1n) is 7.60. The molecule has 1 aliphatic heterocycles. The van der Waals surface area contributed by atoms with Crippen LogP contribution in [0.4, 0.5) is 19.0 Å². The minimum Gasteiger partial charge on any atom is -0.493 e. The first kappa shape index (κ1) is 17.7. The lowest BCUT2D eigenvalue weighted by atomic mass is 9.98. The third-order valence-corrected chi connectivity index (χ3v) is 4.52. The predicted molar refractivity (Wildman–Crippen MR) is 87.3 cm³/mol. The molecule has 0 amide bonds. The molecule has 0 spiro atoms. The molecule has 1 aromatic heterocycles. The van der Waals surface area contributed by atoms with E-state index in [-0.39, 0.29) is 5.02 Å². The number of hydrogen-bond donors (Lipinski definition) is 0. The van der Waals surface area contributed by atoms with Crippen LogP contribution in [0.15, 0.2) is 24.4 Å². The summed E-state index contributed by atoms with van der Waals surface area (Å²) in [6.07, 6.45) is -2.77. The predicted octanol–water partition coefficient (Wildman–Crippen LogP) is 3.75. The molecule has 8 heteroatoms. The minimum absolute atomic E-state index is 0.0405. The molecule has 3 rings (SSSR count). The van der Waals surface area contributed by atoms with Crippen LogP contribution in [-0.2, 0) is 19.1 Å². The highest BCUT2D eigenvalue weighted by molar-refractivity contribution is 6.32. The van der Waals surface area contributed by atoms with Crippen LogP contribution in [0.5, 0.6) is 11.5 Å². The summed E-state index contributed by atoms with van der Waals surface area (Å²) >= 11 is 6.08. The zero-order chi connectivity index (χ0) is 18.2. The van der Waals surface area contributed by atoms with Gasteiger partial charge in [-0.05, 0) is 23.8 Å². The van der Waals surface area contributed by atoms with Crippen molar-refractivity contribution >= 4 is 17.4 Å². The van der Waals surface area contributed by atoms with Gasteiger partial charge >= 0.3 is 6.18 Å². The lowest BCUT2D eigenvalue weighted by Crippen LogP contribution is -2.35. The quantitative estimate of drug-likeness (QED) is 0.822. The lowest BCUT2D eigenvalue weighted by molar-refractivity contribution is -0.367. The van der Waals surface area contributed by atoms with Gasteiger partial charge in [-0.3, -0.25) is 4.90 Å². The molecule has 0 fully saturated rings. The molecule has 1 N–H and O–H groups in total. The fourth-order valence-electron chi connectivity index (χ4n) is 2.94. The number of H-pyrrole nitrogens is 1. The van der Waals surface area contributed by atoms with E-state index in [9.17, 15) is 13.2 Å². The Kier molecular flexibility index (Phi) is 4.69. The number of ether oxygens (including phenoxy) is 2. The van der Waals surface area contributed by atoms with Crippen LogP contribution >= 0.6 is 11.6 Å². The highest BCUT2D eigenvalue weighted by atomic mass is 35.5. The van der Waals surface area contributed by atoms with E-state index in [4.69, 9.17) is 21.1 Å². The maximum Gasteiger partial charge on any atom is 0.419 e. The molecule has 0 unspecified atom stereocenters. The van der Waals surface area contributed by atoms with Crippen molar-refractivity contribution in [2.24, 2.45) is 0 Å². The number of pyridine rings is 1. The Morgan fingerprint density at radius 1 is 1.08 bits per heavy atom. The summed E-state index contributed by atoms with van der Waals surface area (Å²) < 4.78 is 49.0. The average Bonchev–Trinajstić information content (AvgIpc) is 2.59. The van der Waals surface area contributed by atoms with E-state index in [0.29, 0.717) is 30.4 Å². The standard InChI is InChI=1S/C17H16ClF3N2O2/c1-24-14-5-10-3-4-23(9-11(10)6-15(14)25-2)16-13(18)7-12(8-22-16)17(19,20)21/h5-8H,3-4,9H2,1-2H3/p+1. The first-order chi connectivity index (χ1) is 11.8. The molecule has 1 aliphatic rings. The van der Waals surface area contributed by atoms with Crippen molar-refractivity contribution in [3.63, 3.8) is 0 Å². The summed E-state index contributed by atoms with van der Waals surface area (Å²) in [5, 5.41) is 0.0405. The van der Waals surface area contributed by atoms with Gasteiger partial charge in [-0.25, -0.2) is 4.98 Å². The number of aromatic amines is 1. The molecule has 4 nitrogen and oxygen atoms in total. The van der Waals surface area contributed by atoms with Gasteiger partial charge in [0.25, 0.3) is 5.82 Å². The molecule has 0 saturated carbocycles. The SMILES string of the molecule is COc1cc2c(cc1OC)CN(c1[nH+]cc(C(F)(F)F)cc1Cl)CC2. The van der Waals surface area contributed by atoms with Crippen LogP contribution in [0.2, 0.25) is 5.02 Å². The van der Waals surface area contributed by atoms with E-state index in [1.54, 1.807) is 14.2 Å². The summed E-state index contributed by atoms with van der Waals surface area (Å²) in [7, 11) is 3.14. The van der Waals surface area contributed by atoms with Crippen molar-refractivity contribution in [3.8, 4) is 11.5 Å². The molecular weight excluding hydrogens is 357 g/mol. The van der Waals surface area contributed by atoms with Gasteiger partial charge in [0.15, 0.2) is 11.5 Å². The number of anilines is 1. The second-order valence-corrected chi connectivity index (χ2v) is 6.14. The Balaban J connectivity index is 1.90. The first-order valence-corrected chi connectivity index (χ1v) is 7.98. The van der Waals surface area contributed by atoms with Gasteiger partial charge in [0.1, 0.15) is 17.8 Å². The summed E-state index contributed by atoms with van der Waals surface area (Å²) in [6.45, 7) is 1.14. The lowest BCUT2D eigenvalue weighted by Gasteiger charge is -2.25. The van der Waals surface area contributed by atoms with E-state index in [1.165, 1.54) is 0 Å². The molecule has 25 heavy (non-hydrogen) atoms. The molecule has 0 bridgehead atoms. The largest absolute Gasteiger partial charge is 0.493 e. The number of fused-ring (bicyclic) bond motifs is 1. The van der Waals surface area contributed by atoms with E-state index < -0.39 is 11.7 Å². The average molecular weight is 374 g/mol. The molecule has 0 aliphatic carbocycles. The maximum atomic E-state index is 12.8. The van der Waals surface area contributed by atoms with E-state index >= 15 is 0 Å². The number of rotatable bonds is 3. The molecule has 2 aromatic rings. The van der Waals surface area contributed by atoms with Crippen LogP contribution in [0.1, 0.15) is 16.7 Å². The Morgan fingerprint density at radius 2 is 1.72 bits per heavy atom. The van der Waals surface area contributed by atoms with Crippen molar-refractivity contribution in [3.05, 3.63) is 46.1 Å². The van der Waals surface area contributed by atoms with Crippen molar-refractivity contribution < 1.29 is 27.6 Å². The molecule has 134 valence electrons. The summed E-state index contributed by atoms with van der Waals surface area (Å²) in [5.41, 5.74) is 1.34. The third kappa shape index (κ3) is 3.46. The van der Waals surface area contributed by atoms with Crippen LogP contribution in [0.3, 0.4) is 0 Å². The Morgan fingerprint density at radius 3 is 2.28 bits per heavy atom. The molecule has 0 radical (unpaired) electrons. The van der Waals surface area contributed by atoms with Gasteiger partial charge < -0.3 is 9.47 Å². The van der Waals surface area contributed by atoms with Gasteiger partial charge in [0, 0.05) is 12.0 Å². The third-order valence-electron chi connectivity index (χ3n) is 4.23. The number of methoxy groups -OCH3 is 2. The van der Waals surface area contributed by atoms with E-state index in [0.717, 1.165) is 29.8 Å². The van der Waals surface area contributed by atoms with Crippen molar-refractivity contribution in [1.29, 1.82) is 0 Å². The number of hydrogen-bond acceptors (Lipinski definition) is 3. The highest BCUT2D eigenvalue weighted by Gasteiger charge is 2.34. The van der Waals surface area contributed by atoms with Crippen molar-refractivity contribution in [2.45, 2.75) is 19.1 Å². The van der Waals surface area contributed by atoms with Crippen molar-refractivity contribution in [1.82, 2.24) is 0 Å². The Bertz CT molecular complexity index is 796.